The molecule has 5 N–H and O–H groups in total. The second-order valence-electron chi connectivity index (χ2n) is 4.31. The van der Waals surface area contributed by atoms with Crippen LogP contribution in [0.1, 0.15) is 17.9 Å². The molecule has 1 heterocycles. The smallest absolute Gasteiger partial charge is 0.320 e. The summed E-state index contributed by atoms with van der Waals surface area (Å²) in [6, 6.07) is 6.61. The standard InChI is InChI=1S/C12H16N2O3/c13-9(12(16)17)5-8-7-3-1-2-4-10(7)14-11(8)6-15/h1-4,8-9,11,14-15H,5-6,13H2,(H,16,17)/t8-,9+,11-/m1/s1. The summed E-state index contributed by atoms with van der Waals surface area (Å²) in [5, 5.41) is 21.3. The molecule has 0 aromatic heterocycles. The third-order valence-corrected chi connectivity index (χ3v) is 3.21. The SMILES string of the molecule is N[C@@H](C[C@@H]1c2ccccc2N[C@@H]1CO)C(=O)O. The van der Waals surface area contributed by atoms with Crippen LogP contribution in [0, 0.1) is 0 Å². The Hall–Kier alpha value is -1.59. The summed E-state index contributed by atoms with van der Waals surface area (Å²) in [6.07, 6.45) is 0.324. The maximum absolute atomic E-state index is 10.8. The summed E-state index contributed by atoms with van der Waals surface area (Å²) in [5.74, 6) is -1.06. The fourth-order valence-electron chi connectivity index (χ4n) is 2.31. The lowest BCUT2D eigenvalue weighted by Crippen LogP contribution is -2.35. The summed E-state index contributed by atoms with van der Waals surface area (Å²) in [6.45, 7) is -0.0360. The predicted octanol–water partition coefficient (Wildman–Crippen LogP) is 0.359. The number of aliphatic hydroxyl groups excluding tert-OH is 1. The molecule has 17 heavy (non-hydrogen) atoms. The summed E-state index contributed by atoms with van der Waals surface area (Å²) in [4.78, 5) is 10.8. The van der Waals surface area contributed by atoms with Gasteiger partial charge in [0.2, 0.25) is 0 Å². The zero-order chi connectivity index (χ0) is 12.4. The van der Waals surface area contributed by atoms with E-state index in [1.54, 1.807) is 0 Å². The second kappa shape index (κ2) is 4.73. The second-order valence-corrected chi connectivity index (χ2v) is 4.31. The number of aliphatic carboxylic acids is 1. The number of carboxylic acids is 1. The van der Waals surface area contributed by atoms with Gasteiger partial charge in [-0.3, -0.25) is 4.79 Å². The van der Waals surface area contributed by atoms with Crippen LogP contribution in [0.15, 0.2) is 24.3 Å². The Balaban J connectivity index is 2.21. The first kappa shape index (κ1) is 11.9. The maximum Gasteiger partial charge on any atom is 0.320 e. The van der Waals surface area contributed by atoms with Crippen molar-refractivity contribution in [3.63, 3.8) is 0 Å². The van der Waals surface area contributed by atoms with Crippen molar-refractivity contribution in [3.05, 3.63) is 29.8 Å². The van der Waals surface area contributed by atoms with E-state index in [-0.39, 0.29) is 18.6 Å². The molecule has 5 nitrogen and oxygen atoms in total. The van der Waals surface area contributed by atoms with Crippen LogP contribution in [0.25, 0.3) is 0 Å². The molecule has 0 aliphatic carbocycles. The van der Waals surface area contributed by atoms with Crippen LogP contribution in [0.3, 0.4) is 0 Å². The van der Waals surface area contributed by atoms with Gasteiger partial charge >= 0.3 is 5.97 Å². The Morgan fingerprint density at radius 1 is 1.47 bits per heavy atom. The van der Waals surface area contributed by atoms with Crippen LogP contribution in [0.2, 0.25) is 0 Å². The number of para-hydroxylation sites is 1. The lowest BCUT2D eigenvalue weighted by molar-refractivity contribution is -0.138. The van der Waals surface area contributed by atoms with E-state index in [9.17, 15) is 9.90 Å². The van der Waals surface area contributed by atoms with Crippen LogP contribution in [-0.2, 0) is 4.79 Å². The van der Waals surface area contributed by atoms with Gasteiger partial charge in [0.15, 0.2) is 0 Å². The Kier molecular flexibility index (Phi) is 3.31. The van der Waals surface area contributed by atoms with E-state index < -0.39 is 12.0 Å². The first-order valence-corrected chi connectivity index (χ1v) is 5.58. The molecule has 0 radical (unpaired) electrons. The van der Waals surface area contributed by atoms with Gasteiger partial charge in [0.05, 0.1) is 12.6 Å². The van der Waals surface area contributed by atoms with Gasteiger partial charge in [-0.1, -0.05) is 18.2 Å². The van der Waals surface area contributed by atoms with Crippen LogP contribution in [-0.4, -0.2) is 34.9 Å². The molecule has 1 aliphatic rings. The third kappa shape index (κ3) is 2.25. The zero-order valence-corrected chi connectivity index (χ0v) is 9.34. The number of carbonyl (C=O) groups is 1. The van der Waals surface area contributed by atoms with Gasteiger partial charge in [0, 0.05) is 11.6 Å². The van der Waals surface area contributed by atoms with Gasteiger partial charge in [0.25, 0.3) is 0 Å². The number of anilines is 1. The van der Waals surface area contributed by atoms with Crippen LogP contribution in [0.4, 0.5) is 5.69 Å². The average molecular weight is 236 g/mol. The molecule has 0 spiro atoms. The molecule has 2 rings (SSSR count). The molecule has 92 valence electrons. The Bertz CT molecular complexity index is 422. The molecule has 0 fully saturated rings. The van der Waals surface area contributed by atoms with E-state index in [0.29, 0.717) is 6.42 Å². The molecule has 0 saturated carbocycles. The minimum Gasteiger partial charge on any atom is -0.480 e. The van der Waals surface area contributed by atoms with Crippen LogP contribution >= 0.6 is 0 Å². The molecular formula is C12H16N2O3. The average Bonchev–Trinajstić information content (AvgIpc) is 2.67. The van der Waals surface area contributed by atoms with Gasteiger partial charge in [-0.05, 0) is 18.1 Å². The molecular weight excluding hydrogens is 220 g/mol. The number of nitrogens with one attached hydrogen (secondary N) is 1. The molecule has 1 aromatic rings. The van der Waals surface area contributed by atoms with E-state index in [1.807, 2.05) is 24.3 Å². The Morgan fingerprint density at radius 3 is 2.82 bits per heavy atom. The zero-order valence-electron chi connectivity index (χ0n) is 9.34. The minimum atomic E-state index is -1.01. The Labute approximate surface area is 99.3 Å². The largest absolute Gasteiger partial charge is 0.480 e. The summed E-state index contributed by atoms with van der Waals surface area (Å²) in [7, 11) is 0. The molecule has 0 unspecified atom stereocenters. The van der Waals surface area contributed by atoms with Crippen molar-refractivity contribution >= 4 is 11.7 Å². The topological polar surface area (TPSA) is 95.6 Å². The van der Waals surface area contributed by atoms with Crippen molar-refractivity contribution in [2.45, 2.75) is 24.4 Å². The number of nitrogens with two attached hydrogens (primary N) is 1. The highest BCUT2D eigenvalue weighted by molar-refractivity contribution is 5.73. The first-order chi connectivity index (χ1) is 8.13. The van der Waals surface area contributed by atoms with E-state index in [4.69, 9.17) is 10.8 Å². The van der Waals surface area contributed by atoms with E-state index in [2.05, 4.69) is 5.32 Å². The number of fused-ring (bicyclic) bond motifs is 1. The highest BCUT2D eigenvalue weighted by atomic mass is 16.4. The molecule has 0 bridgehead atoms. The summed E-state index contributed by atoms with van der Waals surface area (Å²) in [5.41, 5.74) is 7.55. The molecule has 3 atom stereocenters. The molecule has 5 heteroatoms. The van der Waals surface area contributed by atoms with Gasteiger partial charge in [0.1, 0.15) is 6.04 Å². The fourth-order valence-corrected chi connectivity index (χ4v) is 2.31. The number of hydrogen-bond donors (Lipinski definition) is 4. The van der Waals surface area contributed by atoms with Gasteiger partial charge in [-0.15, -0.1) is 0 Å². The molecule has 1 aliphatic heterocycles. The monoisotopic (exact) mass is 236 g/mol. The van der Waals surface area contributed by atoms with Crippen molar-refractivity contribution in [2.24, 2.45) is 5.73 Å². The summed E-state index contributed by atoms with van der Waals surface area (Å²) < 4.78 is 0. The fraction of sp³-hybridized carbons (Fsp3) is 0.417. The lowest BCUT2D eigenvalue weighted by atomic mass is 9.89. The van der Waals surface area contributed by atoms with Crippen molar-refractivity contribution < 1.29 is 15.0 Å². The third-order valence-electron chi connectivity index (χ3n) is 3.21. The lowest BCUT2D eigenvalue weighted by Gasteiger charge is -2.20. The molecule has 0 amide bonds. The number of hydrogen-bond acceptors (Lipinski definition) is 4. The molecule has 0 saturated heterocycles. The van der Waals surface area contributed by atoms with Gasteiger partial charge < -0.3 is 21.3 Å². The van der Waals surface area contributed by atoms with Crippen molar-refractivity contribution in [3.8, 4) is 0 Å². The Morgan fingerprint density at radius 2 is 2.18 bits per heavy atom. The molecule has 1 aromatic carbocycles. The quantitative estimate of drug-likeness (QED) is 0.605. The highest BCUT2D eigenvalue weighted by Crippen LogP contribution is 2.38. The first-order valence-electron chi connectivity index (χ1n) is 5.58. The van der Waals surface area contributed by atoms with E-state index >= 15 is 0 Å². The highest BCUT2D eigenvalue weighted by Gasteiger charge is 2.33. The number of rotatable bonds is 4. The van der Waals surface area contributed by atoms with Crippen molar-refractivity contribution in [2.75, 3.05) is 11.9 Å². The normalized spacial score (nSPS) is 23.9. The number of benzene rings is 1. The van der Waals surface area contributed by atoms with Crippen LogP contribution in [0.5, 0.6) is 0 Å². The van der Waals surface area contributed by atoms with Crippen molar-refractivity contribution in [1.29, 1.82) is 0 Å². The van der Waals surface area contributed by atoms with E-state index in [1.165, 1.54) is 0 Å². The summed E-state index contributed by atoms with van der Waals surface area (Å²) >= 11 is 0. The van der Waals surface area contributed by atoms with Crippen LogP contribution < -0.4 is 11.1 Å². The maximum atomic E-state index is 10.8. The van der Waals surface area contributed by atoms with Crippen molar-refractivity contribution in [1.82, 2.24) is 0 Å². The van der Waals surface area contributed by atoms with E-state index in [0.717, 1.165) is 11.3 Å². The number of carboxylic acid groups (broad SMARTS) is 1. The number of aliphatic hydroxyl groups is 1. The minimum absolute atomic E-state index is 0.0360. The predicted molar refractivity (Wildman–Crippen MR) is 63.9 cm³/mol. The van der Waals surface area contributed by atoms with Gasteiger partial charge in [-0.2, -0.15) is 0 Å². The van der Waals surface area contributed by atoms with Gasteiger partial charge in [-0.25, -0.2) is 0 Å².